The predicted molar refractivity (Wildman–Crippen MR) is 98.8 cm³/mol. The molecule has 1 aliphatic rings. The maximum Gasteiger partial charge on any atom is 0.305 e. The van der Waals surface area contributed by atoms with E-state index in [1.54, 1.807) is 6.20 Å². The fourth-order valence-corrected chi connectivity index (χ4v) is 3.58. The molecule has 1 saturated heterocycles. The van der Waals surface area contributed by atoms with Crippen molar-refractivity contribution in [2.45, 2.75) is 24.9 Å². The molecule has 0 spiro atoms. The molecule has 0 radical (unpaired) electrons. The molecule has 1 aliphatic heterocycles. The van der Waals surface area contributed by atoms with E-state index in [2.05, 4.69) is 25.8 Å². The normalized spacial score (nSPS) is 19.8. The van der Waals surface area contributed by atoms with Crippen molar-refractivity contribution in [2.75, 3.05) is 13.7 Å². The highest BCUT2D eigenvalue weighted by Crippen LogP contribution is 2.38. The van der Waals surface area contributed by atoms with E-state index in [1.165, 1.54) is 7.11 Å². The molecule has 1 fully saturated rings. The summed E-state index contributed by atoms with van der Waals surface area (Å²) in [5, 5.41) is 4.09. The van der Waals surface area contributed by atoms with Gasteiger partial charge in [0.1, 0.15) is 0 Å². The molecule has 1 N–H and O–H groups in total. The van der Waals surface area contributed by atoms with Gasteiger partial charge in [0, 0.05) is 38.1 Å². The van der Waals surface area contributed by atoms with Crippen LogP contribution < -0.4 is 5.32 Å². The van der Waals surface area contributed by atoms with Crippen LogP contribution in [-0.4, -0.2) is 39.2 Å². The molecule has 0 unspecified atom stereocenters. The van der Waals surface area contributed by atoms with E-state index in [1.807, 2.05) is 37.5 Å². The minimum Gasteiger partial charge on any atom is -0.469 e. The average molecular weight is 358 g/mol. The van der Waals surface area contributed by atoms with Crippen LogP contribution in [-0.2, 0) is 16.6 Å². The summed E-state index contributed by atoms with van der Waals surface area (Å²) in [6.45, 7) is 0.681. The largest absolute Gasteiger partial charge is 0.469 e. The summed E-state index contributed by atoms with van der Waals surface area (Å²) < 4.78 is 6.83. The second-order valence-corrected chi connectivity index (χ2v) is 6.43. The third-order valence-corrected chi connectivity index (χ3v) is 4.84. The number of pyridine rings is 1. The van der Waals surface area contributed by atoms with Crippen molar-refractivity contribution in [1.82, 2.24) is 19.8 Å². The van der Waals surface area contributed by atoms with E-state index in [-0.39, 0.29) is 18.1 Å². The summed E-state index contributed by atoms with van der Waals surface area (Å²) in [7, 11) is 3.44. The number of hydrogen-bond donors (Lipinski definition) is 1. The molecular formula is C18H22N4O2S. The number of rotatable bonds is 6. The maximum absolute atomic E-state index is 11.4. The van der Waals surface area contributed by atoms with Crippen LogP contribution in [0, 0.1) is 0 Å². The zero-order chi connectivity index (χ0) is 17.8. The smallest absolute Gasteiger partial charge is 0.305 e. The monoisotopic (exact) mass is 358 g/mol. The minimum atomic E-state index is -0.199. The summed E-state index contributed by atoms with van der Waals surface area (Å²) in [5.41, 5.74) is 2.10. The molecule has 6 nitrogen and oxygen atoms in total. The van der Waals surface area contributed by atoms with E-state index >= 15 is 0 Å². The van der Waals surface area contributed by atoms with Gasteiger partial charge in [-0.05, 0) is 42.9 Å². The van der Waals surface area contributed by atoms with Crippen molar-refractivity contribution >= 4 is 23.3 Å². The molecule has 132 valence electrons. The summed E-state index contributed by atoms with van der Waals surface area (Å²) in [5.74, 6) is -0.199. The van der Waals surface area contributed by atoms with Crippen LogP contribution in [0.15, 0.2) is 42.7 Å². The van der Waals surface area contributed by atoms with Crippen molar-refractivity contribution in [1.29, 1.82) is 0 Å². The molecule has 3 rings (SSSR count). The van der Waals surface area contributed by atoms with Gasteiger partial charge in [-0.25, -0.2) is 0 Å². The van der Waals surface area contributed by atoms with Crippen molar-refractivity contribution in [2.24, 2.45) is 7.05 Å². The molecule has 0 bridgehead atoms. The molecule has 0 aliphatic carbocycles. The molecule has 25 heavy (non-hydrogen) atoms. The highest BCUT2D eigenvalue weighted by Gasteiger charge is 2.40. The standard InChI is InChI=1S/C18H22N4O2S/c1-21-11-5-8-14(21)17-16(13-7-3-4-10-19-13)20-18(25)22(17)12-6-9-15(23)24-2/h3-5,7-8,10-11,16-17H,6,9,12H2,1-2H3,(H,20,25)/t16-,17+/m0/s1. The number of nitrogens with one attached hydrogen (secondary N) is 1. The van der Waals surface area contributed by atoms with Gasteiger partial charge in [-0.15, -0.1) is 0 Å². The predicted octanol–water partition coefficient (Wildman–Crippen LogP) is 2.35. The van der Waals surface area contributed by atoms with Crippen molar-refractivity contribution in [3.05, 3.63) is 54.1 Å². The molecule has 2 atom stereocenters. The summed E-state index contributed by atoms with van der Waals surface area (Å²) in [6.07, 6.45) is 4.88. The van der Waals surface area contributed by atoms with Gasteiger partial charge in [0.15, 0.2) is 5.11 Å². The Hall–Kier alpha value is -2.41. The highest BCUT2D eigenvalue weighted by atomic mass is 32.1. The molecule has 3 heterocycles. The SMILES string of the molecule is COC(=O)CCCN1C(=S)N[C@@H](c2ccccn2)[C@H]1c1cccn1C. The molecule has 2 aromatic heterocycles. The van der Waals surface area contributed by atoms with E-state index in [9.17, 15) is 4.79 Å². The Balaban J connectivity index is 1.86. The Morgan fingerprint density at radius 2 is 2.20 bits per heavy atom. The van der Waals surface area contributed by atoms with Crippen molar-refractivity contribution < 1.29 is 9.53 Å². The van der Waals surface area contributed by atoms with Crippen LogP contribution in [0.5, 0.6) is 0 Å². The van der Waals surface area contributed by atoms with Gasteiger partial charge in [0.05, 0.1) is 24.9 Å². The number of carbonyl (C=O) groups is 1. The quantitative estimate of drug-likeness (QED) is 0.632. The number of carbonyl (C=O) groups excluding carboxylic acids is 1. The number of aromatic nitrogens is 2. The average Bonchev–Trinajstić information content (AvgIpc) is 3.18. The second-order valence-electron chi connectivity index (χ2n) is 6.04. The van der Waals surface area contributed by atoms with Gasteiger partial charge < -0.3 is 19.5 Å². The number of nitrogens with zero attached hydrogens (tertiary/aromatic N) is 3. The zero-order valence-electron chi connectivity index (χ0n) is 14.4. The molecule has 0 saturated carbocycles. The van der Waals surface area contributed by atoms with Gasteiger partial charge in [0.25, 0.3) is 0 Å². The van der Waals surface area contributed by atoms with Crippen LogP contribution in [0.1, 0.15) is 36.3 Å². The fraction of sp³-hybridized carbons (Fsp3) is 0.389. The van der Waals surface area contributed by atoms with Crippen LogP contribution in [0.25, 0.3) is 0 Å². The van der Waals surface area contributed by atoms with Gasteiger partial charge >= 0.3 is 5.97 Å². The van der Waals surface area contributed by atoms with Crippen molar-refractivity contribution in [3.63, 3.8) is 0 Å². The molecule has 0 amide bonds. The van der Waals surface area contributed by atoms with E-state index in [4.69, 9.17) is 17.0 Å². The Labute approximate surface area is 152 Å². The van der Waals surface area contributed by atoms with Crippen molar-refractivity contribution in [3.8, 4) is 0 Å². The first-order valence-electron chi connectivity index (χ1n) is 8.28. The molecule has 7 heteroatoms. The number of methoxy groups -OCH3 is 1. The van der Waals surface area contributed by atoms with E-state index in [0.29, 0.717) is 24.5 Å². The first-order chi connectivity index (χ1) is 12.1. The minimum absolute atomic E-state index is 0.0274. The van der Waals surface area contributed by atoms with Crippen LogP contribution >= 0.6 is 12.2 Å². The maximum atomic E-state index is 11.4. The third-order valence-electron chi connectivity index (χ3n) is 4.49. The Morgan fingerprint density at radius 3 is 2.84 bits per heavy atom. The number of aryl methyl sites for hydroxylation is 1. The summed E-state index contributed by atoms with van der Waals surface area (Å²) in [6, 6.07) is 10.0. The second kappa shape index (κ2) is 7.65. The fourth-order valence-electron chi connectivity index (χ4n) is 3.25. The lowest BCUT2D eigenvalue weighted by Crippen LogP contribution is -2.31. The van der Waals surface area contributed by atoms with Crippen LogP contribution in [0.4, 0.5) is 0 Å². The topological polar surface area (TPSA) is 59.4 Å². The number of hydrogen-bond acceptors (Lipinski definition) is 4. The van der Waals surface area contributed by atoms with Gasteiger partial charge in [-0.1, -0.05) is 6.07 Å². The van der Waals surface area contributed by atoms with Gasteiger partial charge in [-0.3, -0.25) is 9.78 Å². The van der Waals surface area contributed by atoms with E-state index in [0.717, 1.165) is 11.4 Å². The highest BCUT2D eigenvalue weighted by molar-refractivity contribution is 7.80. The Bertz CT molecular complexity index is 747. The first kappa shape index (κ1) is 17.4. The summed E-state index contributed by atoms with van der Waals surface area (Å²) in [4.78, 5) is 18.1. The lowest BCUT2D eigenvalue weighted by molar-refractivity contribution is -0.140. The number of ether oxygens (including phenoxy) is 1. The Kier molecular flexibility index (Phi) is 5.33. The number of esters is 1. The molecule has 2 aromatic rings. The van der Waals surface area contributed by atoms with Gasteiger partial charge in [-0.2, -0.15) is 0 Å². The number of thiocarbonyl (C=S) groups is 1. The molecular weight excluding hydrogens is 336 g/mol. The zero-order valence-corrected chi connectivity index (χ0v) is 15.2. The lowest BCUT2D eigenvalue weighted by Gasteiger charge is -2.28. The lowest BCUT2D eigenvalue weighted by atomic mass is 10.0. The van der Waals surface area contributed by atoms with Gasteiger partial charge in [0.2, 0.25) is 0 Å². The summed E-state index contributed by atoms with van der Waals surface area (Å²) >= 11 is 5.58. The third kappa shape index (κ3) is 3.66. The van der Waals surface area contributed by atoms with E-state index < -0.39 is 0 Å². The Morgan fingerprint density at radius 1 is 1.36 bits per heavy atom. The first-order valence-corrected chi connectivity index (χ1v) is 8.68. The van der Waals surface area contributed by atoms with Crippen LogP contribution in [0.3, 0.4) is 0 Å². The molecule has 0 aromatic carbocycles. The van der Waals surface area contributed by atoms with Crippen LogP contribution in [0.2, 0.25) is 0 Å².